The first-order valence-corrected chi connectivity index (χ1v) is 8.25. The van der Waals surface area contributed by atoms with Crippen LogP contribution in [-0.4, -0.2) is 27.6 Å². The van der Waals surface area contributed by atoms with E-state index in [2.05, 4.69) is 16.4 Å². The molecule has 2 heterocycles. The number of carbonyl (C=O) groups excluding carboxylic acids is 1. The maximum atomic E-state index is 11.8. The van der Waals surface area contributed by atoms with Crippen molar-refractivity contribution in [1.82, 2.24) is 14.5 Å². The fourth-order valence-corrected chi connectivity index (χ4v) is 3.02. The number of fused-ring (bicyclic) bond motifs is 2. The van der Waals surface area contributed by atoms with Gasteiger partial charge < -0.3 is 10.1 Å². The summed E-state index contributed by atoms with van der Waals surface area (Å²) in [6.45, 7) is 1.40. The number of anilines is 1. The number of nitrogens with one attached hydrogen (secondary N) is 1. The molecule has 27 heavy (non-hydrogen) atoms. The summed E-state index contributed by atoms with van der Waals surface area (Å²) in [4.78, 5) is 21.1. The van der Waals surface area contributed by atoms with E-state index in [1.165, 1.54) is 6.92 Å². The molecule has 0 aliphatic heterocycles. The zero-order valence-corrected chi connectivity index (χ0v) is 14.7. The van der Waals surface area contributed by atoms with E-state index < -0.39 is 0 Å². The van der Waals surface area contributed by atoms with Gasteiger partial charge in [-0.1, -0.05) is 12.1 Å². The SMILES string of the molecule is COc1ccc(-n2c(NC(C)=O)c(C#N)c3nc4ccccc4nc32)cc1. The molecule has 2 aromatic carbocycles. The largest absolute Gasteiger partial charge is 0.497 e. The number of carbonyl (C=O) groups is 1. The van der Waals surface area contributed by atoms with Crippen molar-refractivity contribution in [2.75, 3.05) is 12.4 Å². The Morgan fingerprint density at radius 3 is 2.37 bits per heavy atom. The van der Waals surface area contributed by atoms with Gasteiger partial charge in [0.1, 0.15) is 28.7 Å². The van der Waals surface area contributed by atoms with Crippen LogP contribution in [0.5, 0.6) is 5.75 Å². The van der Waals surface area contributed by atoms with Crippen molar-refractivity contribution in [1.29, 1.82) is 5.26 Å². The molecular formula is C20H15N5O2. The second-order valence-corrected chi connectivity index (χ2v) is 5.93. The molecule has 4 rings (SSSR count). The number of rotatable bonds is 3. The zero-order chi connectivity index (χ0) is 19.0. The van der Waals surface area contributed by atoms with Crippen LogP contribution in [0.3, 0.4) is 0 Å². The third-order valence-electron chi connectivity index (χ3n) is 4.20. The molecule has 0 radical (unpaired) electrons. The summed E-state index contributed by atoms with van der Waals surface area (Å²) in [5.74, 6) is 0.766. The summed E-state index contributed by atoms with van der Waals surface area (Å²) < 4.78 is 6.94. The highest BCUT2D eigenvalue weighted by atomic mass is 16.5. The minimum Gasteiger partial charge on any atom is -0.497 e. The Balaban J connectivity index is 2.10. The second kappa shape index (κ2) is 6.42. The summed E-state index contributed by atoms with van der Waals surface area (Å²) in [7, 11) is 1.59. The molecule has 0 aliphatic carbocycles. The highest BCUT2D eigenvalue weighted by molar-refractivity contribution is 5.99. The molecule has 0 bridgehead atoms. The van der Waals surface area contributed by atoms with Crippen LogP contribution in [0.25, 0.3) is 27.9 Å². The summed E-state index contributed by atoms with van der Waals surface area (Å²) in [5.41, 5.74) is 3.33. The van der Waals surface area contributed by atoms with E-state index in [-0.39, 0.29) is 11.5 Å². The third kappa shape index (κ3) is 2.73. The third-order valence-corrected chi connectivity index (χ3v) is 4.20. The predicted octanol–water partition coefficient (Wildman–Crippen LogP) is 3.41. The van der Waals surface area contributed by atoms with Gasteiger partial charge in [0, 0.05) is 12.6 Å². The zero-order valence-electron chi connectivity index (χ0n) is 14.7. The normalized spacial score (nSPS) is 10.7. The first-order valence-electron chi connectivity index (χ1n) is 8.25. The maximum Gasteiger partial charge on any atom is 0.222 e. The topological polar surface area (TPSA) is 92.8 Å². The number of ether oxygens (including phenoxy) is 1. The van der Waals surface area contributed by atoms with Crippen LogP contribution < -0.4 is 10.1 Å². The average Bonchev–Trinajstić information content (AvgIpc) is 2.97. The van der Waals surface area contributed by atoms with E-state index in [4.69, 9.17) is 9.72 Å². The van der Waals surface area contributed by atoms with Gasteiger partial charge in [0.05, 0.1) is 18.1 Å². The Bertz CT molecular complexity index is 1220. The van der Waals surface area contributed by atoms with E-state index >= 15 is 0 Å². The molecule has 0 spiro atoms. The van der Waals surface area contributed by atoms with E-state index in [1.807, 2.05) is 36.4 Å². The van der Waals surface area contributed by atoms with Gasteiger partial charge in [0.25, 0.3) is 0 Å². The molecule has 7 nitrogen and oxygen atoms in total. The van der Waals surface area contributed by atoms with Gasteiger partial charge in [-0.15, -0.1) is 0 Å². The average molecular weight is 357 g/mol. The van der Waals surface area contributed by atoms with Crippen molar-refractivity contribution in [2.24, 2.45) is 0 Å². The van der Waals surface area contributed by atoms with Crippen LogP contribution in [-0.2, 0) is 4.79 Å². The lowest BCUT2D eigenvalue weighted by molar-refractivity contribution is -0.114. The van der Waals surface area contributed by atoms with E-state index in [9.17, 15) is 10.1 Å². The quantitative estimate of drug-likeness (QED) is 0.606. The first-order chi connectivity index (χ1) is 13.1. The molecule has 0 aliphatic rings. The van der Waals surface area contributed by atoms with Crippen LogP contribution in [0.1, 0.15) is 12.5 Å². The molecule has 0 saturated heterocycles. The van der Waals surface area contributed by atoms with Crippen molar-refractivity contribution in [3.05, 3.63) is 54.1 Å². The lowest BCUT2D eigenvalue weighted by Crippen LogP contribution is -2.11. The molecule has 1 N–H and O–H groups in total. The molecule has 132 valence electrons. The number of aromatic nitrogens is 3. The fraction of sp³-hybridized carbons (Fsp3) is 0.100. The summed E-state index contributed by atoms with van der Waals surface area (Å²) in [5, 5.41) is 12.5. The number of amides is 1. The number of hydrogen-bond donors (Lipinski definition) is 1. The molecule has 0 atom stereocenters. The summed E-state index contributed by atoms with van der Waals surface area (Å²) in [6.07, 6.45) is 0. The summed E-state index contributed by atoms with van der Waals surface area (Å²) in [6, 6.07) is 16.9. The number of nitrogens with zero attached hydrogens (tertiary/aromatic N) is 4. The Labute approximate surface area is 154 Å². The van der Waals surface area contributed by atoms with Gasteiger partial charge in [0.2, 0.25) is 5.91 Å². The molecular weight excluding hydrogens is 342 g/mol. The van der Waals surface area contributed by atoms with Crippen LogP contribution in [0.2, 0.25) is 0 Å². The van der Waals surface area contributed by atoms with Gasteiger partial charge in [-0.25, -0.2) is 9.97 Å². The Hall–Kier alpha value is -3.92. The van der Waals surface area contributed by atoms with E-state index in [0.717, 1.165) is 5.69 Å². The Morgan fingerprint density at radius 1 is 1.11 bits per heavy atom. The summed E-state index contributed by atoms with van der Waals surface area (Å²) >= 11 is 0. The minimum absolute atomic E-state index is 0.272. The van der Waals surface area contributed by atoms with E-state index in [0.29, 0.717) is 33.8 Å². The van der Waals surface area contributed by atoms with Crippen molar-refractivity contribution < 1.29 is 9.53 Å². The molecule has 0 unspecified atom stereocenters. The maximum absolute atomic E-state index is 11.8. The number of methoxy groups -OCH3 is 1. The Morgan fingerprint density at radius 2 is 1.78 bits per heavy atom. The molecule has 2 aromatic heterocycles. The highest BCUT2D eigenvalue weighted by Gasteiger charge is 2.22. The van der Waals surface area contributed by atoms with Gasteiger partial charge in [-0.05, 0) is 36.4 Å². The predicted molar refractivity (Wildman–Crippen MR) is 102 cm³/mol. The van der Waals surface area contributed by atoms with Crippen LogP contribution in [0.15, 0.2) is 48.5 Å². The van der Waals surface area contributed by atoms with Gasteiger partial charge >= 0.3 is 0 Å². The lowest BCUT2D eigenvalue weighted by atomic mass is 10.2. The van der Waals surface area contributed by atoms with Crippen LogP contribution in [0, 0.1) is 11.3 Å². The van der Waals surface area contributed by atoms with Crippen molar-refractivity contribution in [3.8, 4) is 17.5 Å². The number of hydrogen-bond acceptors (Lipinski definition) is 5. The minimum atomic E-state index is -0.284. The van der Waals surface area contributed by atoms with Crippen LogP contribution in [0.4, 0.5) is 5.82 Å². The first kappa shape index (κ1) is 16.5. The monoisotopic (exact) mass is 357 g/mol. The lowest BCUT2D eigenvalue weighted by Gasteiger charge is -2.11. The standard InChI is InChI=1S/C20H15N5O2/c1-12(26)22-19-15(11-21)18-20(24-17-6-4-3-5-16(17)23-18)25(19)13-7-9-14(27-2)10-8-13/h3-10H,1-2H3,(H,22,26). The smallest absolute Gasteiger partial charge is 0.222 e. The highest BCUT2D eigenvalue weighted by Crippen LogP contribution is 2.32. The Kier molecular flexibility index (Phi) is 3.94. The molecule has 7 heteroatoms. The number of nitriles is 1. The van der Waals surface area contributed by atoms with Gasteiger partial charge in [-0.3, -0.25) is 9.36 Å². The number of para-hydroxylation sites is 2. The number of benzene rings is 2. The molecule has 0 saturated carbocycles. The fourth-order valence-electron chi connectivity index (χ4n) is 3.02. The van der Waals surface area contributed by atoms with Gasteiger partial charge in [-0.2, -0.15) is 5.26 Å². The van der Waals surface area contributed by atoms with Crippen LogP contribution >= 0.6 is 0 Å². The van der Waals surface area contributed by atoms with Crippen molar-refractivity contribution in [3.63, 3.8) is 0 Å². The molecule has 1 amide bonds. The van der Waals surface area contributed by atoms with Crippen molar-refractivity contribution >= 4 is 33.9 Å². The van der Waals surface area contributed by atoms with Crippen molar-refractivity contribution in [2.45, 2.75) is 6.92 Å². The molecule has 0 fully saturated rings. The second-order valence-electron chi connectivity index (χ2n) is 5.93. The van der Waals surface area contributed by atoms with Gasteiger partial charge in [0.15, 0.2) is 5.65 Å². The van der Waals surface area contributed by atoms with E-state index in [1.54, 1.807) is 23.8 Å². The molecule has 4 aromatic rings.